The van der Waals surface area contributed by atoms with Gasteiger partial charge in [0.05, 0.1) is 5.60 Å². The molecule has 0 bridgehead atoms. The minimum Gasteiger partial charge on any atom is -0.649 e. The number of carboxylic acids is 1. The molecular weight excluding hydrogens is 254 g/mol. The number of carbonyl (C=O) groups excluding carboxylic acids is 2. The van der Waals surface area contributed by atoms with E-state index in [1.165, 1.54) is 6.47 Å². The van der Waals surface area contributed by atoms with E-state index in [1.807, 2.05) is 0 Å². The van der Waals surface area contributed by atoms with Crippen molar-refractivity contribution in [1.82, 2.24) is 0 Å². The third kappa shape index (κ3) is 54.8. The Labute approximate surface area is 85.9 Å². The molecule has 12 heavy (non-hydrogen) atoms. The van der Waals surface area contributed by atoms with Crippen LogP contribution in [0.2, 0.25) is 0 Å². The summed E-state index contributed by atoms with van der Waals surface area (Å²) in [5.74, 6) is -1.08. The van der Waals surface area contributed by atoms with Gasteiger partial charge >= 0.3 is 20.4 Å². The number of rotatable bonds is 1. The van der Waals surface area contributed by atoms with Gasteiger partial charge in [-0.25, -0.2) is 0 Å². The number of carbonyl (C=O) groups is 1. The third-order valence-corrected chi connectivity index (χ3v) is 0.348. The Morgan fingerprint density at radius 3 is 1.67 bits per heavy atom. The molecule has 0 atom stereocenters. The van der Waals surface area contributed by atoms with Crippen molar-refractivity contribution in [3.63, 3.8) is 0 Å². The molecule has 0 spiro atoms. The molecule has 0 fully saturated rings. The molecule has 0 heterocycles. The molecule has 0 amide bonds. The van der Waals surface area contributed by atoms with Gasteiger partial charge < -0.3 is 19.4 Å². The van der Waals surface area contributed by atoms with Crippen molar-refractivity contribution >= 4 is 12.4 Å². The first kappa shape index (κ1) is 17.6. The second-order valence-electron chi connectivity index (χ2n) is 2.79. The number of aliphatic carboxylic acids is 1. The van der Waals surface area contributed by atoms with Crippen LogP contribution in [0, 0.1) is 0 Å². The van der Waals surface area contributed by atoms with E-state index in [0.717, 1.165) is 6.92 Å². The van der Waals surface area contributed by atoms with Gasteiger partial charge in [0.1, 0.15) is 0 Å². The van der Waals surface area contributed by atoms with Gasteiger partial charge in [0.25, 0.3) is 0 Å². The van der Waals surface area contributed by atoms with Crippen LogP contribution in [-0.2, 0) is 34.7 Å². The Morgan fingerprint density at radius 2 is 1.67 bits per heavy atom. The molecule has 0 aromatic carbocycles. The van der Waals surface area contributed by atoms with Crippen molar-refractivity contribution in [3.05, 3.63) is 0 Å². The van der Waals surface area contributed by atoms with Crippen LogP contribution in [0.1, 0.15) is 27.7 Å². The summed E-state index contributed by atoms with van der Waals surface area (Å²) in [5, 5.41) is 8.89. The minimum absolute atomic E-state index is 0. The Bertz CT molecular complexity index is 124. The number of ether oxygens (including phenoxy) is 1. The molecule has 74 valence electrons. The van der Waals surface area contributed by atoms with Crippen LogP contribution in [0.15, 0.2) is 0 Å². The van der Waals surface area contributed by atoms with E-state index >= 15 is 0 Å². The van der Waals surface area contributed by atoms with Gasteiger partial charge in [-0.15, -0.1) is 0 Å². The van der Waals surface area contributed by atoms with Gasteiger partial charge in [0.2, 0.25) is 0 Å². The monoisotopic (exact) mass is 266 g/mol. The average Bonchev–Trinajstić information content (AvgIpc) is 1.58. The van der Waals surface area contributed by atoms with Crippen molar-refractivity contribution in [1.29, 1.82) is 0 Å². The molecule has 0 aliphatic heterocycles. The van der Waals surface area contributed by atoms with Crippen LogP contribution in [0.3, 0.4) is 0 Å². The molecule has 0 N–H and O–H groups in total. The fourth-order valence-corrected chi connectivity index (χ4v) is 0.125. The van der Waals surface area contributed by atoms with Crippen LogP contribution < -0.4 is 5.11 Å². The maximum absolute atomic E-state index is 9.47. The van der Waals surface area contributed by atoms with E-state index in [1.54, 1.807) is 20.8 Å². The van der Waals surface area contributed by atoms with E-state index in [0.29, 0.717) is 0 Å². The summed E-state index contributed by atoms with van der Waals surface area (Å²) < 4.78 is 4.42. The maximum Gasteiger partial charge on any atom is 2.00 e. The van der Waals surface area contributed by atoms with Crippen molar-refractivity contribution in [3.8, 4) is 0 Å². The van der Waals surface area contributed by atoms with E-state index in [9.17, 15) is 4.79 Å². The molecule has 0 aromatic rings. The molecule has 0 saturated carbocycles. The summed E-state index contributed by atoms with van der Waals surface area (Å²) in [6, 6.07) is 0. The summed E-state index contributed by atoms with van der Waals surface area (Å²) in [6.45, 7) is 7.70. The Morgan fingerprint density at radius 1 is 1.42 bits per heavy atom. The van der Waals surface area contributed by atoms with E-state index in [2.05, 4.69) is 4.74 Å². The normalized spacial score (nSPS) is 8.33. The zero-order chi connectivity index (χ0) is 9.49. The van der Waals surface area contributed by atoms with Crippen LogP contribution in [-0.4, -0.2) is 18.0 Å². The van der Waals surface area contributed by atoms with Crippen LogP contribution in [0.25, 0.3) is 0 Å². The number of hydrogen-bond donors (Lipinski definition) is 0. The SMILES string of the molecule is CC(=O)[O-].CC(C)(C)O[C-]=O.[Pd+2]. The first-order valence-corrected chi connectivity index (χ1v) is 3.02. The predicted octanol–water partition coefficient (Wildman–Crippen LogP) is -0.378. The Hall–Kier alpha value is -0.398. The molecule has 5 heteroatoms. The van der Waals surface area contributed by atoms with Gasteiger partial charge in [-0.2, -0.15) is 0 Å². The first-order chi connectivity index (χ1) is 4.79. The van der Waals surface area contributed by atoms with E-state index in [4.69, 9.17) is 9.90 Å². The summed E-state index contributed by atoms with van der Waals surface area (Å²) in [6.07, 6.45) is 0. The maximum atomic E-state index is 9.47. The smallest absolute Gasteiger partial charge is 0.649 e. The molecule has 0 aliphatic rings. The molecule has 0 radical (unpaired) electrons. The molecule has 0 saturated heterocycles. The topological polar surface area (TPSA) is 66.4 Å². The summed E-state index contributed by atoms with van der Waals surface area (Å²) in [7, 11) is 0. The minimum atomic E-state index is -1.08. The second-order valence-corrected chi connectivity index (χ2v) is 2.79. The number of carboxylic acid groups (broad SMARTS) is 1. The van der Waals surface area contributed by atoms with Gasteiger partial charge in [0, 0.05) is 5.97 Å². The van der Waals surface area contributed by atoms with Crippen LogP contribution in [0.4, 0.5) is 0 Å². The average molecular weight is 267 g/mol. The molecule has 4 nitrogen and oxygen atoms in total. The Kier molecular flexibility index (Phi) is 12.8. The van der Waals surface area contributed by atoms with Crippen molar-refractivity contribution in [2.75, 3.05) is 0 Å². The zero-order valence-electron chi connectivity index (χ0n) is 7.45. The fourth-order valence-electron chi connectivity index (χ4n) is 0.125. The zero-order valence-corrected chi connectivity index (χ0v) is 9.00. The van der Waals surface area contributed by atoms with E-state index in [-0.39, 0.29) is 26.0 Å². The first-order valence-electron chi connectivity index (χ1n) is 3.02. The van der Waals surface area contributed by atoms with Crippen molar-refractivity contribution in [2.45, 2.75) is 33.3 Å². The van der Waals surface area contributed by atoms with Crippen LogP contribution >= 0.6 is 0 Å². The molecule has 0 rings (SSSR count). The summed E-state index contributed by atoms with van der Waals surface area (Å²) in [5.41, 5.74) is -0.373. The molecule has 0 aliphatic carbocycles. The summed E-state index contributed by atoms with van der Waals surface area (Å²) >= 11 is 0. The van der Waals surface area contributed by atoms with Crippen molar-refractivity contribution < 1.29 is 39.9 Å². The molecule has 0 aromatic heterocycles. The van der Waals surface area contributed by atoms with Crippen LogP contribution in [0.5, 0.6) is 0 Å². The quantitative estimate of drug-likeness (QED) is 0.479. The van der Waals surface area contributed by atoms with Gasteiger partial charge in [-0.1, -0.05) is 6.47 Å². The van der Waals surface area contributed by atoms with Crippen molar-refractivity contribution in [2.24, 2.45) is 0 Å². The number of hydrogen-bond acceptors (Lipinski definition) is 4. The largest absolute Gasteiger partial charge is 2.00 e. The van der Waals surface area contributed by atoms with Gasteiger partial charge in [-0.3, -0.25) is 0 Å². The van der Waals surface area contributed by atoms with E-state index < -0.39 is 5.97 Å². The molecule has 0 unspecified atom stereocenters. The predicted molar refractivity (Wildman–Crippen MR) is 37.2 cm³/mol. The molecular formula is C7H12O4Pd. The van der Waals surface area contributed by atoms with Gasteiger partial charge in [0.15, 0.2) is 0 Å². The third-order valence-electron chi connectivity index (χ3n) is 0.348. The standard InChI is InChI=1S/C5H9O2.C2H4O2.Pd/c1-5(2,3)7-4-6;1-2(3)4;/h1-3H3;1H3,(H,3,4);/q-1;;+2/p-1. The summed E-state index contributed by atoms with van der Waals surface area (Å²) in [4.78, 5) is 18.4. The van der Waals surface area contributed by atoms with Gasteiger partial charge in [-0.05, 0) is 27.7 Å². The fraction of sp³-hybridized carbons (Fsp3) is 0.714. The second kappa shape index (κ2) is 8.70. The Balaban J connectivity index is -0.000000142.